The number of carbonyl (C=O) groups is 2. The van der Waals surface area contributed by atoms with E-state index in [2.05, 4.69) is 33.8 Å². The third-order valence-electron chi connectivity index (χ3n) is 4.09. The minimum atomic E-state index is -0.185. The first-order chi connectivity index (χ1) is 13.0. The molecule has 0 atom stereocenters. The predicted octanol–water partition coefficient (Wildman–Crippen LogP) is 4.19. The lowest BCUT2D eigenvalue weighted by atomic mass is 10.0. The Bertz CT molecular complexity index is 951. The number of rotatable bonds is 6. The lowest BCUT2D eigenvalue weighted by Crippen LogP contribution is -2.27. The molecule has 0 fully saturated rings. The Hall–Kier alpha value is -2.99. The Labute approximate surface area is 162 Å². The first-order valence-corrected chi connectivity index (χ1v) is 9.57. The molecule has 2 amide bonds. The second-order valence-corrected chi connectivity index (χ2v) is 7.13. The van der Waals surface area contributed by atoms with E-state index in [1.165, 1.54) is 16.9 Å². The molecule has 0 radical (unpaired) electrons. The maximum absolute atomic E-state index is 12.1. The van der Waals surface area contributed by atoms with Crippen molar-refractivity contribution >= 4 is 28.3 Å². The Balaban J connectivity index is 1.52. The third-order valence-corrected chi connectivity index (χ3v) is 4.85. The highest BCUT2D eigenvalue weighted by Crippen LogP contribution is 2.28. The van der Waals surface area contributed by atoms with Crippen LogP contribution >= 0.6 is 11.3 Å². The molecule has 3 aromatic rings. The average molecular weight is 379 g/mol. The molecule has 1 aromatic heterocycles. The van der Waals surface area contributed by atoms with Crippen LogP contribution in [0, 0.1) is 13.8 Å². The standard InChI is InChI=1S/C21H21N3O2S/c1-14-8-9-15(2)17(12-14)18-13-27-21(23-18)24-19(25)10-11-22-20(26)16-6-4-3-5-7-16/h3-9,12-13H,10-11H2,1-2H3,(H,22,26)(H,23,24,25). The fourth-order valence-electron chi connectivity index (χ4n) is 2.63. The number of anilines is 1. The zero-order chi connectivity index (χ0) is 19.2. The van der Waals surface area contributed by atoms with Crippen molar-refractivity contribution in [2.45, 2.75) is 20.3 Å². The fourth-order valence-corrected chi connectivity index (χ4v) is 3.36. The van der Waals surface area contributed by atoms with Crippen LogP contribution in [0.5, 0.6) is 0 Å². The van der Waals surface area contributed by atoms with E-state index < -0.39 is 0 Å². The van der Waals surface area contributed by atoms with Gasteiger partial charge in [-0.1, -0.05) is 35.9 Å². The summed E-state index contributed by atoms with van der Waals surface area (Å²) in [6.45, 7) is 4.36. The number of carbonyl (C=O) groups excluding carboxylic acids is 2. The highest BCUT2D eigenvalue weighted by Gasteiger charge is 2.11. The van der Waals surface area contributed by atoms with Crippen LogP contribution in [0.15, 0.2) is 53.9 Å². The Morgan fingerprint density at radius 1 is 1.07 bits per heavy atom. The number of amides is 2. The minimum absolute atomic E-state index is 0.176. The first-order valence-electron chi connectivity index (χ1n) is 8.69. The van der Waals surface area contributed by atoms with Crippen LogP contribution in [-0.4, -0.2) is 23.3 Å². The second kappa shape index (κ2) is 8.60. The molecule has 0 bridgehead atoms. The number of nitrogens with zero attached hydrogens (tertiary/aromatic N) is 1. The van der Waals surface area contributed by atoms with E-state index in [0.717, 1.165) is 16.8 Å². The van der Waals surface area contributed by atoms with Crippen LogP contribution < -0.4 is 10.6 Å². The van der Waals surface area contributed by atoms with Gasteiger partial charge in [0.2, 0.25) is 5.91 Å². The summed E-state index contributed by atoms with van der Waals surface area (Å²) in [7, 11) is 0. The van der Waals surface area contributed by atoms with Crippen molar-refractivity contribution in [2.75, 3.05) is 11.9 Å². The van der Waals surface area contributed by atoms with E-state index in [-0.39, 0.29) is 24.8 Å². The van der Waals surface area contributed by atoms with Crippen LogP contribution in [0.2, 0.25) is 0 Å². The highest BCUT2D eigenvalue weighted by atomic mass is 32.1. The van der Waals surface area contributed by atoms with Crippen LogP contribution in [0.3, 0.4) is 0 Å². The zero-order valence-corrected chi connectivity index (χ0v) is 16.1. The largest absolute Gasteiger partial charge is 0.352 e. The van der Waals surface area contributed by atoms with E-state index in [1.54, 1.807) is 24.3 Å². The van der Waals surface area contributed by atoms with E-state index in [1.807, 2.05) is 25.3 Å². The summed E-state index contributed by atoms with van der Waals surface area (Å²) in [6, 6.07) is 15.2. The van der Waals surface area contributed by atoms with Gasteiger partial charge in [0.25, 0.3) is 5.91 Å². The molecule has 0 aliphatic carbocycles. The molecule has 3 rings (SSSR count). The number of hydrogen-bond donors (Lipinski definition) is 2. The number of nitrogens with one attached hydrogen (secondary N) is 2. The molecule has 0 aliphatic rings. The fraction of sp³-hybridized carbons (Fsp3) is 0.190. The summed E-state index contributed by atoms with van der Waals surface area (Å²) < 4.78 is 0. The topological polar surface area (TPSA) is 71.1 Å². The van der Waals surface area contributed by atoms with Crippen molar-refractivity contribution in [3.05, 3.63) is 70.6 Å². The van der Waals surface area contributed by atoms with E-state index in [9.17, 15) is 9.59 Å². The van der Waals surface area contributed by atoms with E-state index >= 15 is 0 Å². The summed E-state index contributed by atoms with van der Waals surface area (Å²) in [6.07, 6.45) is 0.191. The minimum Gasteiger partial charge on any atom is -0.352 e. The van der Waals surface area contributed by atoms with Gasteiger partial charge >= 0.3 is 0 Å². The number of hydrogen-bond acceptors (Lipinski definition) is 4. The van der Waals surface area contributed by atoms with Gasteiger partial charge in [-0.3, -0.25) is 9.59 Å². The first kappa shape index (κ1) is 18.8. The highest BCUT2D eigenvalue weighted by molar-refractivity contribution is 7.14. The lowest BCUT2D eigenvalue weighted by Gasteiger charge is -2.05. The Morgan fingerprint density at radius 3 is 2.63 bits per heavy atom. The quantitative estimate of drug-likeness (QED) is 0.675. The van der Waals surface area contributed by atoms with Gasteiger partial charge in [-0.15, -0.1) is 11.3 Å². The molecule has 0 saturated carbocycles. The zero-order valence-electron chi connectivity index (χ0n) is 15.3. The van der Waals surface area contributed by atoms with Crippen LogP contribution in [0.4, 0.5) is 5.13 Å². The van der Waals surface area contributed by atoms with Gasteiger partial charge in [0.15, 0.2) is 5.13 Å². The molecule has 1 heterocycles. The SMILES string of the molecule is Cc1ccc(C)c(-c2csc(NC(=O)CCNC(=O)c3ccccc3)n2)c1. The van der Waals surface area contributed by atoms with Crippen molar-refractivity contribution in [3.63, 3.8) is 0 Å². The van der Waals surface area contributed by atoms with E-state index in [4.69, 9.17) is 0 Å². The molecule has 138 valence electrons. The van der Waals surface area contributed by atoms with Crippen molar-refractivity contribution in [3.8, 4) is 11.3 Å². The van der Waals surface area contributed by atoms with Gasteiger partial charge in [0.05, 0.1) is 5.69 Å². The summed E-state index contributed by atoms with van der Waals surface area (Å²) in [4.78, 5) is 28.6. The molecule has 2 aromatic carbocycles. The Kier molecular flexibility index (Phi) is 5.98. The van der Waals surface area contributed by atoms with Gasteiger partial charge in [-0.05, 0) is 37.6 Å². The molecule has 0 spiro atoms. The molecule has 0 unspecified atom stereocenters. The molecular weight excluding hydrogens is 358 g/mol. The lowest BCUT2D eigenvalue weighted by molar-refractivity contribution is -0.116. The van der Waals surface area contributed by atoms with Crippen molar-refractivity contribution in [2.24, 2.45) is 0 Å². The molecular formula is C21H21N3O2S. The molecule has 0 saturated heterocycles. The van der Waals surface area contributed by atoms with Crippen LogP contribution in [0.1, 0.15) is 27.9 Å². The molecule has 27 heavy (non-hydrogen) atoms. The maximum Gasteiger partial charge on any atom is 0.251 e. The summed E-state index contributed by atoms with van der Waals surface area (Å²) in [5.41, 5.74) is 4.82. The summed E-state index contributed by atoms with van der Waals surface area (Å²) in [5.74, 6) is -0.361. The van der Waals surface area contributed by atoms with Crippen LogP contribution in [0.25, 0.3) is 11.3 Å². The number of aromatic nitrogens is 1. The third kappa shape index (κ3) is 5.01. The van der Waals surface area contributed by atoms with Gasteiger partial charge in [-0.2, -0.15) is 0 Å². The van der Waals surface area contributed by atoms with Gasteiger partial charge < -0.3 is 10.6 Å². The monoisotopic (exact) mass is 379 g/mol. The maximum atomic E-state index is 12.1. The second-order valence-electron chi connectivity index (χ2n) is 6.28. The van der Waals surface area contributed by atoms with Gasteiger partial charge in [0.1, 0.15) is 0 Å². The molecule has 2 N–H and O–H groups in total. The normalized spacial score (nSPS) is 10.4. The number of benzene rings is 2. The number of aryl methyl sites for hydroxylation is 2. The van der Waals surface area contributed by atoms with Crippen molar-refractivity contribution in [1.82, 2.24) is 10.3 Å². The smallest absolute Gasteiger partial charge is 0.251 e. The summed E-state index contributed by atoms with van der Waals surface area (Å²) >= 11 is 1.39. The molecule has 0 aliphatic heterocycles. The van der Waals surface area contributed by atoms with Gasteiger partial charge in [-0.25, -0.2) is 4.98 Å². The van der Waals surface area contributed by atoms with Crippen molar-refractivity contribution in [1.29, 1.82) is 0 Å². The average Bonchev–Trinajstić information content (AvgIpc) is 3.12. The van der Waals surface area contributed by atoms with Crippen molar-refractivity contribution < 1.29 is 9.59 Å². The van der Waals surface area contributed by atoms with Crippen LogP contribution in [-0.2, 0) is 4.79 Å². The predicted molar refractivity (Wildman–Crippen MR) is 109 cm³/mol. The molecule has 6 heteroatoms. The van der Waals surface area contributed by atoms with Gasteiger partial charge in [0, 0.05) is 29.5 Å². The van der Waals surface area contributed by atoms with E-state index in [0.29, 0.717) is 10.7 Å². The molecule has 5 nitrogen and oxygen atoms in total. The summed E-state index contributed by atoms with van der Waals surface area (Å²) in [5, 5.41) is 8.04. The Morgan fingerprint density at radius 2 is 1.85 bits per heavy atom. The number of thiazole rings is 1.